The van der Waals surface area contributed by atoms with E-state index in [1.165, 1.54) is 0 Å². The lowest BCUT2D eigenvalue weighted by atomic mass is 9.93. The van der Waals surface area contributed by atoms with E-state index in [-0.39, 0.29) is 11.4 Å². The number of ketones is 1. The van der Waals surface area contributed by atoms with E-state index < -0.39 is 0 Å². The van der Waals surface area contributed by atoms with Crippen molar-refractivity contribution in [1.29, 1.82) is 0 Å². The summed E-state index contributed by atoms with van der Waals surface area (Å²) in [5.41, 5.74) is 1.72. The van der Waals surface area contributed by atoms with Gasteiger partial charge in [-0.3, -0.25) is 4.79 Å². The molecule has 2 aliphatic heterocycles. The molecule has 2 unspecified atom stereocenters. The van der Waals surface area contributed by atoms with Crippen LogP contribution in [-0.4, -0.2) is 17.4 Å². The van der Waals surface area contributed by atoms with Crippen molar-refractivity contribution in [3.8, 4) is 5.75 Å². The first-order chi connectivity index (χ1) is 7.49. The number of ether oxygens (including phenoxy) is 1. The Labute approximate surface area is 94.8 Å². The monoisotopic (exact) mass is 217 g/mol. The molecule has 1 saturated heterocycles. The standard InChI is InChI=1S/C13H15NO2/c1-7(15)8-4-5-10-9(6-8)11-12(14-11)13(2,3)16-10/h4-6,11-12,14H,1-3H3. The van der Waals surface area contributed by atoms with Crippen molar-refractivity contribution in [3.05, 3.63) is 29.3 Å². The molecule has 0 radical (unpaired) electrons. The third kappa shape index (κ3) is 1.28. The largest absolute Gasteiger partial charge is 0.486 e. The predicted molar refractivity (Wildman–Crippen MR) is 60.8 cm³/mol. The van der Waals surface area contributed by atoms with Crippen molar-refractivity contribution < 1.29 is 9.53 Å². The average Bonchev–Trinajstić information content (AvgIpc) is 2.97. The molecule has 0 aliphatic carbocycles. The van der Waals surface area contributed by atoms with Crippen LogP contribution in [0.15, 0.2) is 18.2 Å². The maximum atomic E-state index is 11.3. The maximum absolute atomic E-state index is 11.3. The summed E-state index contributed by atoms with van der Waals surface area (Å²) in [5, 5.41) is 3.41. The fraction of sp³-hybridized carbons (Fsp3) is 0.462. The smallest absolute Gasteiger partial charge is 0.159 e. The zero-order valence-corrected chi connectivity index (χ0v) is 9.70. The summed E-state index contributed by atoms with van der Waals surface area (Å²) in [4.78, 5) is 11.3. The van der Waals surface area contributed by atoms with E-state index >= 15 is 0 Å². The minimum absolute atomic E-state index is 0.102. The molecular weight excluding hydrogens is 202 g/mol. The molecule has 1 N–H and O–H groups in total. The molecule has 1 aromatic rings. The van der Waals surface area contributed by atoms with Gasteiger partial charge in [-0.05, 0) is 39.0 Å². The number of carbonyl (C=O) groups is 1. The second-order valence-electron chi connectivity index (χ2n) is 5.14. The highest BCUT2D eigenvalue weighted by Gasteiger charge is 2.54. The third-order valence-electron chi connectivity index (χ3n) is 3.46. The van der Waals surface area contributed by atoms with E-state index in [0.717, 1.165) is 16.9 Å². The van der Waals surface area contributed by atoms with E-state index in [1.54, 1.807) is 6.92 Å². The third-order valence-corrected chi connectivity index (χ3v) is 3.46. The second-order valence-corrected chi connectivity index (χ2v) is 5.14. The van der Waals surface area contributed by atoms with Crippen LogP contribution in [0.5, 0.6) is 5.75 Å². The number of hydrogen-bond acceptors (Lipinski definition) is 3. The lowest BCUT2D eigenvalue weighted by Crippen LogP contribution is -2.38. The van der Waals surface area contributed by atoms with Gasteiger partial charge in [0.25, 0.3) is 0 Å². The van der Waals surface area contributed by atoms with Crippen LogP contribution in [0.2, 0.25) is 0 Å². The molecule has 0 spiro atoms. The lowest BCUT2D eigenvalue weighted by Gasteiger charge is -2.31. The molecule has 0 bridgehead atoms. The van der Waals surface area contributed by atoms with E-state index in [2.05, 4.69) is 19.2 Å². The molecule has 0 aromatic heterocycles. The van der Waals surface area contributed by atoms with Crippen LogP contribution >= 0.6 is 0 Å². The SMILES string of the molecule is CC(=O)c1ccc2c(c1)C1NC1C(C)(C)O2. The summed E-state index contributed by atoms with van der Waals surface area (Å²) in [5.74, 6) is 1.01. The van der Waals surface area contributed by atoms with Crippen molar-refractivity contribution in [3.63, 3.8) is 0 Å². The van der Waals surface area contributed by atoms with Crippen LogP contribution in [-0.2, 0) is 0 Å². The number of Topliss-reactive ketones (excluding diaryl/α,β-unsaturated/α-hetero) is 1. The molecule has 0 saturated carbocycles. The first-order valence-electron chi connectivity index (χ1n) is 5.59. The Balaban J connectivity index is 2.06. The zero-order valence-electron chi connectivity index (χ0n) is 9.70. The molecule has 3 nitrogen and oxygen atoms in total. The van der Waals surface area contributed by atoms with Gasteiger partial charge in [0.2, 0.25) is 0 Å². The van der Waals surface area contributed by atoms with E-state index in [9.17, 15) is 4.79 Å². The van der Waals surface area contributed by atoms with Crippen LogP contribution in [0.4, 0.5) is 0 Å². The molecule has 84 valence electrons. The topological polar surface area (TPSA) is 48.2 Å². The van der Waals surface area contributed by atoms with Gasteiger partial charge in [0.05, 0.1) is 12.1 Å². The number of hydrogen-bond donors (Lipinski definition) is 1. The van der Waals surface area contributed by atoms with Crippen LogP contribution in [0, 0.1) is 0 Å². The van der Waals surface area contributed by atoms with Crippen LogP contribution in [0.3, 0.4) is 0 Å². The number of nitrogens with one attached hydrogen (secondary N) is 1. The van der Waals surface area contributed by atoms with Crippen molar-refractivity contribution in [2.24, 2.45) is 0 Å². The predicted octanol–water partition coefficient (Wildman–Crippen LogP) is 2.07. The first kappa shape index (κ1) is 9.85. The Morgan fingerprint density at radius 2 is 2.19 bits per heavy atom. The molecule has 1 fully saturated rings. The fourth-order valence-corrected chi connectivity index (χ4v) is 2.46. The van der Waals surface area contributed by atoms with E-state index in [4.69, 9.17) is 4.74 Å². The summed E-state index contributed by atoms with van der Waals surface area (Å²) in [6.45, 7) is 5.77. The highest BCUT2D eigenvalue weighted by molar-refractivity contribution is 5.94. The Kier molecular flexibility index (Phi) is 1.76. The molecule has 3 heteroatoms. The molecule has 16 heavy (non-hydrogen) atoms. The molecule has 0 amide bonds. The summed E-state index contributed by atoms with van der Waals surface area (Å²) in [7, 11) is 0. The van der Waals surface area contributed by atoms with E-state index in [0.29, 0.717) is 12.1 Å². The quantitative estimate of drug-likeness (QED) is 0.578. The van der Waals surface area contributed by atoms with Crippen molar-refractivity contribution >= 4 is 5.78 Å². The average molecular weight is 217 g/mol. The molecule has 1 aromatic carbocycles. The molecular formula is C13H15NO2. The van der Waals surface area contributed by atoms with Crippen molar-refractivity contribution in [2.45, 2.75) is 38.5 Å². The molecule has 2 atom stereocenters. The molecule has 3 rings (SSSR count). The van der Waals surface area contributed by atoms with Crippen LogP contribution in [0.1, 0.15) is 42.7 Å². The van der Waals surface area contributed by atoms with Gasteiger partial charge in [-0.1, -0.05) is 0 Å². The van der Waals surface area contributed by atoms with Gasteiger partial charge < -0.3 is 10.1 Å². The fourth-order valence-electron chi connectivity index (χ4n) is 2.46. The normalized spacial score (nSPS) is 28.7. The summed E-state index contributed by atoms with van der Waals surface area (Å²) in [6, 6.07) is 6.43. The highest BCUT2D eigenvalue weighted by atomic mass is 16.5. The first-order valence-corrected chi connectivity index (χ1v) is 5.59. The molecule has 2 aliphatic rings. The number of carbonyl (C=O) groups excluding carboxylic acids is 1. The van der Waals surface area contributed by atoms with Crippen molar-refractivity contribution in [1.82, 2.24) is 5.32 Å². The minimum Gasteiger partial charge on any atom is -0.486 e. The molecule has 2 heterocycles. The Morgan fingerprint density at radius 1 is 1.44 bits per heavy atom. The number of rotatable bonds is 1. The minimum atomic E-state index is -0.157. The van der Waals surface area contributed by atoms with Gasteiger partial charge in [-0.2, -0.15) is 0 Å². The van der Waals surface area contributed by atoms with E-state index in [1.807, 2.05) is 18.2 Å². The number of benzene rings is 1. The summed E-state index contributed by atoms with van der Waals surface area (Å²) < 4.78 is 5.93. The van der Waals surface area contributed by atoms with Gasteiger partial charge in [-0.25, -0.2) is 0 Å². The Hall–Kier alpha value is -1.35. The van der Waals surface area contributed by atoms with Gasteiger partial charge in [0, 0.05) is 11.1 Å². The zero-order chi connectivity index (χ0) is 11.5. The highest BCUT2D eigenvalue weighted by Crippen LogP contribution is 2.47. The summed E-state index contributed by atoms with van der Waals surface area (Å²) in [6.07, 6.45) is 0. The Bertz CT molecular complexity index is 479. The maximum Gasteiger partial charge on any atom is 0.159 e. The number of fused-ring (bicyclic) bond motifs is 3. The van der Waals surface area contributed by atoms with Gasteiger partial charge in [0.1, 0.15) is 11.4 Å². The van der Waals surface area contributed by atoms with Gasteiger partial charge in [0.15, 0.2) is 5.78 Å². The van der Waals surface area contributed by atoms with Crippen molar-refractivity contribution in [2.75, 3.05) is 0 Å². The lowest BCUT2D eigenvalue weighted by molar-refractivity contribution is 0.0948. The van der Waals surface area contributed by atoms with Crippen LogP contribution < -0.4 is 10.1 Å². The summed E-state index contributed by atoms with van der Waals surface area (Å²) >= 11 is 0. The van der Waals surface area contributed by atoms with Gasteiger partial charge >= 0.3 is 0 Å². The second kappa shape index (κ2) is 2.86. The Morgan fingerprint density at radius 3 is 2.88 bits per heavy atom. The van der Waals surface area contributed by atoms with Crippen LogP contribution in [0.25, 0.3) is 0 Å². The van der Waals surface area contributed by atoms with Gasteiger partial charge in [-0.15, -0.1) is 0 Å².